The van der Waals surface area contributed by atoms with E-state index in [0.717, 1.165) is 12.1 Å². The molecule has 0 saturated heterocycles. The molecule has 7 nitrogen and oxygen atoms in total. The van der Waals surface area contributed by atoms with Crippen molar-refractivity contribution in [3.8, 4) is 17.1 Å². The number of Topliss-reactive ketones (excluding diaryl/α,β-unsaturated/α-hetero) is 1. The molecule has 0 N–H and O–H groups in total. The lowest BCUT2D eigenvalue weighted by Gasteiger charge is -2.06. The van der Waals surface area contributed by atoms with Gasteiger partial charge in [-0.3, -0.25) is 4.79 Å². The quantitative estimate of drug-likeness (QED) is 0.505. The van der Waals surface area contributed by atoms with E-state index < -0.39 is 36.1 Å². The van der Waals surface area contributed by atoms with Crippen molar-refractivity contribution in [2.75, 3.05) is 6.61 Å². The summed E-state index contributed by atoms with van der Waals surface area (Å²) in [5, 5.41) is 3.15. The van der Waals surface area contributed by atoms with Gasteiger partial charge in [-0.1, -0.05) is 11.2 Å². The molecule has 0 aliphatic rings. The van der Waals surface area contributed by atoms with Gasteiger partial charge in [0.25, 0.3) is 0 Å². The van der Waals surface area contributed by atoms with Gasteiger partial charge in [-0.2, -0.15) is 18.2 Å². The van der Waals surface area contributed by atoms with Crippen molar-refractivity contribution in [3.63, 3.8) is 0 Å². The third-order valence-corrected chi connectivity index (χ3v) is 3.10. The van der Waals surface area contributed by atoms with E-state index >= 15 is 0 Å². The van der Waals surface area contributed by atoms with E-state index in [-0.39, 0.29) is 16.9 Å². The highest BCUT2D eigenvalue weighted by Crippen LogP contribution is 2.29. The zero-order valence-electron chi connectivity index (χ0n) is 12.7. The number of alkyl halides is 3. The van der Waals surface area contributed by atoms with E-state index in [2.05, 4.69) is 24.6 Å². The van der Waals surface area contributed by atoms with Crippen LogP contribution >= 0.6 is 0 Å². The highest BCUT2D eigenvalue weighted by atomic mass is 19.4. The molecule has 0 unspecified atom stereocenters. The van der Waals surface area contributed by atoms with Crippen LogP contribution in [0, 0.1) is 5.82 Å². The Labute approximate surface area is 142 Å². The summed E-state index contributed by atoms with van der Waals surface area (Å²) >= 11 is 0. The summed E-state index contributed by atoms with van der Waals surface area (Å²) in [6, 6.07) is 3.14. The van der Waals surface area contributed by atoms with Crippen LogP contribution in [0.4, 0.5) is 17.6 Å². The maximum Gasteiger partial charge on any atom is 0.471 e. The second-order valence-corrected chi connectivity index (χ2v) is 4.90. The summed E-state index contributed by atoms with van der Waals surface area (Å²) in [5.74, 6) is -3.41. The molecule has 0 fully saturated rings. The molecule has 26 heavy (non-hydrogen) atoms. The maximum absolute atomic E-state index is 14.1. The molecular weight excluding hydrogens is 360 g/mol. The fourth-order valence-electron chi connectivity index (χ4n) is 1.92. The van der Waals surface area contributed by atoms with E-state index in [4.69, 9.17) is 4.74 Å². The molecule has 3 rings (SSSR count). The maximum atomic E-state index is 14.1. The second kappa shape index (κ2) is 6.86. The highest BCUT2D eigenvalue weighted by Gasteiger charge is 2.38. The smallest absolute Gasteiger partial charge is 0.471 e. The summed E-state index contributed by atoms with van der Waals surface area (Å²) in [4.78, 5) is 22.6. The van der Waals surface area contributed by atoms with Crippen molar-refractivity contribution in [3.05, 3.63) is 54.2 Å². The fourth-order valence-corrected chi connectivity index (χ4v) is 1.92. The van der Waals surface area contributed by atoms with E-state index in [1.165, 1.54) is 24.8 Å². The van der Waals surface area contributed by atoms with Crippen molar-refractivity contribution in [2.24, 2.45) is 0 Å². The Morgan fingerprint density at radius 2 is 1.92 bits per heavy atom. The minimum Gasteiger partial charge on any atom is -0.482 e. The molecule has 1 aromatic carbocycles. The Morgan fingerprint density at radius 3 is 2.54 bits per heavy atom. The van der Waals surface area contributed by atoms with Crippen molar-refractivity contribution < 1.29 is 31.6 Å². The Balaban J connectivity index is 1.75. The van der Waals surface area contributed by atoms with Crippen molar-refractivity contribution >= 4 is 5.78 Å². The lowest BCUT2D eigenvalue weighted by molar-refractivity contribution is -0.159. The molecule has 11 heteroatoms. The van der Waals surface area contributed by atoms with E-state index in [0.29, 0.717) is 0 Å². The SMILES string of the molecule is O=C(COc1cncnc1)c1ccc(-c2noc(C(F)(F)F)n2)cc1F. The average Bonchev–Trinajstić information content (AvgIpc) is 3.11. The average molecular weight is 368 g/mol. The molecule has 134 valence electrons. The number of rotatable bonds is 5. The topological polar surface area (TPSA) is 91.0 Å². The van der Waals surface area contributed by atoms with Crippen LogP contribution in [0.1, 0.15) is 16.2 Å². The van der Waals surface area contributed by atoms with Gasteiger partial charge in [-0.15, -0.1) is 0 Å². The van der Waals surface area contributed by atoms with Crippen molar-refractivity contribution in [2.45, 2.75) is 6.18 Å². The zero-order valence-corrected chi connectivity index (χ0v) is 12.7. The molecule has 2 heterocycles. The van der Waals surface area contributed by atoms with Crippen LogP contribution in [0.15, 0.2) is 41.4 Å². The third kappa shape index (κ3) is 3.82. The standard InChI is InChI=1S/C15H8F4N4O3/c16-11-3-8(13-22-14(26-23-13)15(17,18)19)1-2-10(11)12(24)6-25-9-4-20-7-21-5-9/h1-5,7H,6H2. The Bertz CT molecular complexity index is 928. The molecule has 0 aliphatic heterocycles. The van der Waals surface area contributed by atoms with Gasteiger partial charge in [-0.05, 0) is 12.1 Å². The van der Waals surface area contributed by atoms with Gasteiger partial charge in [-0.25, -0.2) is 14.4 Å². The largest absolute Gasteiger partial charge is 0.482 e. The minimum absolute atomic E-state index is 0.0734. The van der Waals surface area contributed by atoms with Crippen molar-refractivity contribution in [1.29, 1.82) is 0 Å². The minimum atomic E-state index is -4.81. The molecule has 0 aliphatic carbocycles. The van der Waals surface area contributed by atoms with Gasteiger partial charge in [0.2, 0.25) is 11.6 Å². The predicted molar refractivity (Wildman–Crippen MR) is 76.6 cm³/mol. The van der Waals surface area contributed by atoms with Crippen LogP contribution in [0.3, 0.4) is 0 Å². The first-order chi connectivity index (χ1) is 12.3. The van der Waals surface area contributed by atoms with Gasteiger partial charge in [0.05, 0.1) is 18.0 Å². The fraction of sp³-hybridized carbons (Fsp3) is 0.133. The van der Waals surface area contributed by atoms with Crippen LogP contribution in [0.5, 0.6) is 5.75 Å². The number of nitrogens with zero attached hydrogens (tertiary/aromatic N) is 4. The van der Waals surface area contributed by atoms with E-state index in [1.54, 1.807) is 0 Å². The summed E-state index contributed by atoms with van der Waals surface area (Å²) in [6.07, 6.45) is -0.879. The van der Waals surface area contributed by atoms with Crippen LogP contribution < -0.4 is 4.74 Å². The van der Waals surface area contributed by atoms with Crippen LogP contribution in [0.2, 0.25) is 0 Å². The monoisotopic (exact) mass is 368 g/mol. The number of ketones is 1. The molecule has 0 radical (unpaired) electrons. The highest BCUT2D eigenvalue weighted by molar-refractivity contribution is 5.97. The molecular formula is C15H8F4N4O3. The van der Waals surface area contributed by atoms with Gasteiger partial charge in [0.1, 0.15) is 12.1 Å². The number of carbonyl (C=O) groups excluding carboxylic acids is 1. The zero-order chi connectivity index (χ0) is 18.7. The Morgan fingerprint density at radius 1 is 1.19 bits per heavy atom. The van der Waals surface area contributed by atoms with Gasteiger partial charge >= 0.3 is 12.1 Å². The predicted octanol–water partition coefficient (Wildman–Crippen LogP) is 2.95. The molecule has 0 atom stereocenters. The molecule has 3 aromatic rings. The van der Waals surface area contributed by atoms with E-state index in [9.17, 15) is 22.4 Å². The number of hydrogen-bond donors (Lipinski definition) is 0. The summed E-state index contributed by atoms with van der Waals surface area (Å²) in [5.41, 5.74) is -0.374. The lowest BCUT2D eigenvalue weighted by atomic mass is 10.1. The van der Waals surface area contributed by atoms with Crippen LogP contribution in [0.25, 0.3) is 11.4 Å². The molecule has 2 aromatic heterocycles. The Kier molecular flexibility index (Phi) is 4.61. The van der Waals surface area contributed by atoms with E-state index in [1.807, 2.05) is 0 Å². The summed E-state index contributed by atoms with van der Waals surface area (Å²) in [6.45, 7) is -0.468. The number of carbonyl (C=O) groups is 1. The van der Waals surface area contributed by atoms with Crippen molar-refractivity contribution in [1.82, 2.24) is 20.1 Å². The molecule has 0 bridgehead atoms. The van der Waals surface area contributed by atoms with Gasteiger partial charge in [0.15, 0.2) is 12.4 Å². The third-order valence-electron chi connectivity index (χ3n) is 3.10. The number of ether oxygens (including phenoxy) is 1. The van der Waals surface area contributed by atoms with Gasteiger partial charge < -0.3 is 9.26 Å². The van der Waals surface area contributed by atoms with Crippen LogP contribution in [-0.2, 0) is 6.18 Å². The molecule has 0 amide bonds. The Hall–Kier alpha value is -3.37. The normalized spacial score (nSPS) is 11.4. The summed E-state index contributed by atoms with van der Waals surface area (Å²) in [7, 11) is 0. The summed E-state index contributed by atoms with van der Waals surface area (Å²) < 4.78 is 60.7. The van der Waals surface area contributed by atoms with Gasteiger partial charge in [0, 0.05) is 5.56 Å². The number of hydrogen-bond acceptors (Lipinski definition) is 7. The molecule has 0 saturated carbocycles. The number of halogens is 4. The second-order valence-electron chi connectivity index (χ2n) is 4.90. The number of benzene rings is 1. The first kappa shape index (κ1) is 17.5. The van der Waals surface area contributed by atoms with Crippen LogP contribution in [-0.4, -0.2) is 32.5 Å². The molecule has 0 spiro atoms. The first-order valence-corrected chi connectivity index (χ1v) is 6.96. The first-order valence-electron chi connectivity index (χ1n) is 6.96. The number of aromatic nitrogens is 4. The lowest BCUT2D eigenvalue weighted by Crippen LogP contribution is -2.13.